The van der Waals surface area contributed by atoms with Crippen LogP contribution in [-0.2, 0) is 11.3 Å². The van der Waals surface area contributed by atoms with E-state index in [0.29, 0.717) is 12.4 Å². The van der Waals surface area contributed by atoms with Crippen molar-refractivity contribution in [2.75, 3.05) is 12.3 Å². The number of nitrogens with zero attached hydrogens (tertiary/aromatic N) is 2. The highest BCUT2D eigenvalue weighted by Gasteiger charge is 2.01. The lowest BCUT2D eigenvalue weighted by atomic mass is 10.3. The summed E-state index contributed by atoms with van der Waals surface area (Å²) in [4.78, 5) is 11.4. The predicted octanol–water partition coefficient (Wildman–Crippen LogP) is 0.548. The molecule has 1 heterocycles. The molecule has 0 bridgehead atoms. The Hall–Kier alpha value is -1.78. The van der Waals surface area contributed by atoms with Crippen LogP contribution in [-0.4, -0.2) is 22.2 Å². The van der Waals surface area contributed by atoms with E-state index in [0.717, 1.165) is 0 Å². The molecule has 0 saturated heterocycles. The molecule has 5 heteroatoms. The van der Waals surface area contributed by atoms with Gasteiger partial charge in [-0.25, -0.2) is 0 Å². The molecule has 82 valence electrons. The van der Waals surface area contributed by atoms with Crippen LogP contribution in [0.3, 0.4) is 0 Å². The van der Waals surface area contributed by atoms with E-state index in [1.54, 1.807) is 12.3 Å². The summed E-state index contributed by atoms with van der Waals surface area (Å²) in [6.45, 7) is 4.73. The number of carbonyl (C=O) groups excluding carboxylic acids is 1. The molecule has 1 amide bonds. The maximum absolute atomic E-state index is 11.4. The Morgan fingerprint density at radius 3 is 2.93 bits per heavy atom. The maximum atomic E-state index is 11.4. The van der Waals surface area contributed by atoms with Crippen LogP contribution in [0, 0.1) is 0 Å². The summed E-state index contributed by atoms with van der Waals surface area (Å²) in [5, 5.41) is 6.67. The minimum atomic E-state index is -0.0735. The fourth-order valence-corrected chi connectivity index (χ4v) is 1.04. The van der Waals surface area contributed by atoms with Crippen LogP contribution in [0.1, 0.15) is 13.8 Å². The van der Waals surface area contributed by atoms with Crippen molar-refractivity contribution in [3.8, 4) is 0 Å². The Morgan fingerprint density at radius 2 is 2.40 bits per heavy atom. The van der Waals surface area contributed by atoms with Gasteiger partial charge in [0.05, 0.1) is 0 Å². The van der Waals surface area contributed by atoms with Crippen LogP contribution >= 0.6 is 0 Å². The van der Waals surface area contributed by atoms with Gasteiger partial charge in [0.15, 0.2) is 0 Å². The van der Waals surface area contributed by atoms with Crippen LogP contribution in [0.25, 0.3) is 0 Å². The van der Waals surface area contributed by atoms with Crippen LogP contribution in [0.4, 0.5) is 5.82 Å². The van der Waals surface area contributed by atoms with E-state index < -0.39 is 0 Å². The van der Waals surface area contributed by atoms with Gasteiger partial charge >= 0.3 is 0 Å². The van der Waals surface area contributed by atoms with E-state index in [9.17, 15) is 4.79 Å². The lowest BCUT2D eigenvalue weighted by molar-refractivity contribution is -0.121. The lowest BCUT2D eigenvalue weighted by Crippen LogP contribution is -2.27. The zero-order chi connectivity index (χ0) is 11.3. The standard InChI is InChI=1S/C10H16N4O/c1-8(2)3-5-12-10(15)7-14-6-4-9(11)13-14/h3-4,6H,5,7H2,1-2H3,(H2,11,13)(H,12,15). The van der Waals surface area contributed by atoms with Crippen LogP contribution < -0.4 is 11.1 Å². The third-order valence-electron chi connectivity index (χ3n) is 1.78. The first-order chi connectivity index (χ1) is 7.08. The van der Waals surface area contributed by atoms with Crippen molar-refractivity contribution in [1.29, 1.82) is 0 Å². The minimum Gasteiger partial charge on any atom is -0.382 e. The van der Waals surface area contributed by atoms with Gasteiger partial charge in [-0.1, -0.05) is 11.6 Å². The third-order valence-corrected chi connectivity index (χ3v) is 1.78. The third kappa shape index (κ3) is 4.30. The molecule has 1 rings (SSSR count). The number of anilines is 1. The summed E-state index contributed by atoms with van der Waals surface area (Å²) >= 11 is 0. The van der Waals surface area contributed by atoms with Gasteiger partial charge in [0.2, 0.25) is 5.91 Å². The van der Waals surface area contributed by atoms with Crippen molar-refractivity contribution in [1.82, 2.24) is 15.1 Å². The lowest BCUT2D eigenvalue weighted by Gasteiger charge is -2.02. The molecule has 0 saturated carbocycles. The Bertz CT molecular complexity index is 363. The van der Waals surface area contributed by atoms with Gasteiger partial charge in [0.25, 0.3) is 0 Å². The largest absolute Gasteiger partial charge is 0.382 e. The molecule has 0 aliphatic carbocycles. The number of aromatic nitrogens is 2. The van der Waals surface area contributed by atoms with E-state index in [4.69, 9.17) is 5.73 Å². The van der Waals surface area contributed by atoms with Crippen molar-refractivity contribution < 1.29 is 4.79 Å². The molecule has 0 atom stereocenters. The summed E-state index contributed by atoms with van der Waals surface area (Å²) < 4.78 is 1.51. The zero-order valence-electron chi connectivity index (χ0n) is 9.03. The monoisotopic (exact) mass is 208 g/mol. The normalized spacial score (nSPS) is 9.73. The molecule has 5 nitrogen and oxygen atoms in total. The second-order valence-corrected chi connectivity index (χ2v) is 3.52. The van der Waals surface area contributed by atoms with Crippen LogP contribution in [0.2, 0.25) is 0 Å². The first kappa shape index (κ1) is 11.3. The average molecular weight is 208 g/mol. The van der Waals surface area contributed by atoms with Crippen molar-refractivity contribution >= 4 is 11.7 Å². The van der Waals surface area contributed by atoms with Gasteiger partial charge in [-0.15, -0.1) is 0 Å². The molecule has 0 spiro atoms. The van der Waals surface area contributed by atoms with Crippen LogP contribution in [0.5, 0.6) is 0 Å². The molecule has 3 N–H and O–H groups in total. The van der Waals surface area contributed by atoms with Gasteiger partial charge in [-0.05, 0) is 19.9 Å². The molecular weight excluding hydrogens is 192 g/mol. The second kappa shape index (κ2) is 5.19. The van der Waals surface area contributed by atoms with Crippen molar-refractivity contribution in [3.63, 3.8) is 0 Å². The number of nitrogens with two attached hydrogens (primary N) is 1. The molecule has 0 radical (unpaired) electrons. The van der Waals surface area contributed by atoms with E-state index in [1.165, 1.54) is 10.3 Å². The van der Waals surface area contributed by atoms with E-state index >= 15 is 0 Å². The zero-order valence-corrected chi connectivity index (χ0v) is 9.03. The minimum absolute atomic E-state index is 0.0735. The number of nitrogens with one attached hydrogen (secondary N) is 1. The SMILES string of the molecule is CC(C)=CCNC(=O)Cn1ccc(N)n1. The molecule has 1 aromatic rings. The Morgan fingerprint density at radius 1 is 1.67 bits per heavy atom. The molecule has 15 heavy (non-hydrogen) atoms. The Kier molecular flexibility index (Phi) is 3.91. The molecule has 0 aromatic carbocycles. The highest BCUT2D eigenvalue weighted by molar-refractivity contribution is 5.75. The van der Waals surface area contributed by atoms with E-state index in [-0.39, 0.29) is 12.5 Å². The van der Waals surface area contributed by atoms with Crippen LogP contribution in [0.15, 0.2) is 23.9 Å². The topological polar surface area (TPSA) is 72.9 Å². The summed E-state index contributed by atoms with van der Waals surface area (Å²) in [5.74, 6) is 0.350. The fourth-order valence-electron chi connectivity index (χ4n) is 1.04. The molecule has 0 aliphatic rings. The van der Waals surface area contributed by atoms with Gasteiger partial charge in [0.1, 0.15) is 12.4 Å². The quantitative estimate of drug-likeness (QED) is 0.710. The summed E-state index contributed by atoms with van der Waals surface area (Å²) in [5.41, 5.74) is 6.60. The molecule has 0 aliphatic heterocycles. The number of rotatable bonds is 4. The summed E-state index contributed by atoms with van der Waals surface area (Å²) in [6.07, 6.45) is 3.63. The highest BCUT2D eigenvalue weighted by Crippen LogP contribution is 1.94. The van der Waals surface area contributed by atoms with Gasteiger partial charge in [-0.2, -0.15) is 5.10 Å². The summed E-state index contributed by atoms with van der Waals surface area (Å²) in [7, 11) is 0. The highest BCUT2D eigenvalue weighted by atomic mass is 16.2. The van der Waals surface area contributed by atoms with E-state index in [2.05, 4.69) is 10.4 Å². The number of allylic oxidation sites excluding steroid dienone is 1. The summed E-state index contributed by atoms with van der Waals surface area (Å²) in [6, 6.07) is 1.66. The van der Waals surface area contributed by atoms with Crippen molar-refractivity contribution in [3.05, 3.63) is 23.9 Å². The first-order valence-corrected chi connectivity index (χ1v) is 4.77. The first-order valence-electron chi connectivity index (χ1n) is 4.77. The number of amides is 1. The Labute approximate surface area is 89.0 Å². The number of nitrogen functional groups attached to an aromatic ring is 1. The second-order valence-electron chi connectivity index (χ2n) is 3.52. The molecule has 0 unspecified atom stereocenters. The molecular formula is C10H16N4O. The predicted molar refractivity (Wildman–Crippen MR) is 59.1 cm³/mol. The average Bonchev–Trinajstić information content (AvgIpc) is 2.50. The smallest absolute Gasteiger partial charge is 0.241 e. The van der Waals surface area contributed by atoms with Crippen molar-refractivity contribution in [2.45, 2.75) is 20.4 Å². The van der Waals surface area contributed by atoms with Gasteiger partial charge in [-0.3, -0.25) is 9.48 Å². The molecule has 0 fully saturated rings. The van der Waals surface area contributed by atoms with Gasteiger partial charge in [0, 0.05) is 12.7 Å². The van der Waals surface area contributed by atoms with Crippen molar-refractivity contribution in [2.24, 2.45) is 0 Å². The Balaban J connectivity index is 2.33. The van der Waals surface area contributed by atoms with E-state index in [1.807, 2.05) is 19.9 Å². The maximum Gasteiger partial charge on any atom is 0.241 e. The number of carbonyl (C=O) groups is 1. The molecule has 1 aromatic heterocycles. The van der Waals surface area contributed by atoms with Gasteiger partial charge < -0.3 is 11.1 Å². The fraction of sp³-hybridized carbons (Fsp3) is 0.400. The number of hydrogen-bond donors (Lipinski definition) is 2. The number of hydrogen-bond acceptors (Lipinski definition) is 3.